The van der Waals surface area contributed by atoms with Gasteiger partial charge in [0.05, 0.1) is 11.0 Å². The molecule has 0 aliphatic heterocycles. The second-order valence-electron chi connectivity index (χ2n) is 3.95. The molecule has 0 radical (unpaired) electrons. The number of benzene rings is 1. The van der Waals surface area contributed by atoms with Gasteiger partial charge in [-0.2, -0.15) is 0 Å². The molecule has 0 saturated carbocycles. The maximum atomic E-state index is 13.9. The maximum Gasteiger partial charge on any atom is 0.341 e. The fraction of sp³-hybridized carbons (Fsp3) is 0.300. The van der Waals surface area contributed by atoms with E-state index in [1.54, 1.807) is 0 Å². The van der Waals surface area contributed by atoms with E-state index in [4.69, 9.17) is 10.7 Å². The van der Waals surface area contributed by atoms with Crippen LogP contribution < -0.4 is 0 Å². The lowest BCUT2D eigenvalue weighted by Crippen LogP contribution is -2.15. The van der Waals surface area contributed by atoms with Crippen molar-refractivity contribution in [1.29, 1.82) is 0 Å². The van der Waals surface area contributed by atoms with Crippen molar-refractivity contribution >= 4 is 31.4 Å². The average molecular weight is 326 g/mol. The zero-order valence-corrected chi connectivity index (χ0v) is 11.9. The summed E-state index contributed by atoms with van der Waals surface area (Å²) in [7, 11) is 0.391. The molecule has 0 aromatic heterocycles. The smallest absolute Gasteiger partial charge is 0.341 e. The molecule has 110 valence electrons. The molecule has 0 bridgehead atoms. The van der Waals surface area contributed by atoms with Crippen LogP contribution in [0.5, 0.6) is 0 Å². The van der Waals surface area contributed by atoms with Gasteiger partial charge in [0.2, 0.25) is 0 Å². The standard InChI is InChI=1S/C10H9ClFNO6S/c1-5(2)19-10(14)7-3-6(13(15)16)4-8(9(7)12)20(11,17)18/h3-5H,1-2H3. The van der Waals surface area contributed by atoms with Crippen molar-refractivity contribution in [3.05, 3.63) is 33.6 Å². The molecule has 0 spiro atoms. The van der Waals surface area contributed by atoms with Crippen molar-refractivity contribution in [3.63, 3.8) is 0 Å². The van der Waals surface area contributed by atoms with Crippen LogP contribution in [0.2, 0.25) is 0 Å². The number of nitro groups is 1. The maximum absolute atomic E-state index is 13.9. The first-order chi connectivity index (χ1) is 9.04. The van der Waals surface area contributed by atoms with Crippen LogP contribution in [0.15, 0.2) is 17.0 Å². The number of nitro benzene ring substituents is 1. The Kier molecular flexibility index (Phi) is 4.66. The molecule has 0 saturated heterocycles. The van der Waals surface area contributed by atoms with Crippen LogP contribution in [-0.4, -0.2) is 25.4 Å². The third kappa shape index (κ3) is 3.64. The number of rotatable bonds is 4. The molecular formula is C10H9ClFNO6S. The highest BCUT2D eigenvalue weighted by molar-refractivity contribution is 8.13. The zero-order chi connectivity index (χ0) is 15.7. The molecule has 1 aromatic rings. The molecule has 0 aliphatic carbocycles. The summed E-state index contributed by atoms with van der Waals surface area (Å²) >= 11 is 0. The minimum Gasteiger partial charge on any atom is -0.459 e. The van der Waals surface area contributed by atoms with E-state index >= 15 is 0 Å². The second kappa shape index (κ2) is 5.71. The van der Waals surface area contributed by atoms with Crippen molar-refractivity contribution in [2.45, 2.75) is 24.8 Å². The molecule has 1 aromatic carbocycles. The van der Waals surface area contributed by atoms with Crippen molar-refractivity contribution < 1.29 is 27.3 Å². The summed E-state index contributed by atoms with van der Waals surface area (Å²) in [5.41, 5.74) is -1.66. The summed E-state index contributed by atoms with van der Waals surface area (Å²) in [6.07, 6.45) is -0.614. The minimum atomic E-state index is -4.59. The number of nitrogens with zero attached hydrogens (tertiary/aromatic N) is 1. The zero-order valence-electron chi connectivity index (χ0n) is 10.3. The molecule has 20 heavy (non-hydrogen) atoms. The van der Waals surface area contributed by atoms with Gasteiger partial charge in [-0.05, 0) is 13.8 Å². The lowest BCUT2D eigenvalue weighted by Gasteiger charge is -2.09. The van der Waals surface area contributed by atoms with Crippen LogP contribution in [0, 0.1) is 15.9 Å². The summed E-state index contributed by atoms with van der Waals surface area (Å²) in [5.74, 6) is -2.71. The molecule has 0 unspecified atom stereocenters. The Morgan fingerprint density at radius 2 is 2.00 bits per heavy atom. The van der Waals surface area contributed by atoms with E-state index < -0.39 is 48.0 Å². The lowest BCUT2D eigenvalue weighted by atomic mass is 10.2. The highest BCUT2D eigenvalue weighted by Gasteiger charge is 2.28. The number of ether oxygens (including phenoxy) is 1. The molecular weight excluding hydrogens is 317 g/mol. The van der Waals surface area contributed by atoms with Gasteiger partial charge in [0.15, 0.2) is 5.82 Å². The number of esters is 1. The lowest BCUT2D eigenvalue weighted by molar-refractivity contribution is -0.385. The monoisotopic (exact) mass is 325 g/mol. The molecule has 7 nitrogen and oxygen atoms in total. The van der Waals surface area contributed by atoms with Crippen LogP contribution in [0.4, 0.5) is 10.1 Å². The van der Waals surface area contributed by atoms with Gasteiger partial charge in [-0.3, -0.25) is 10.1 Å². The summed E-state index contributed by atoms with van der Waals surface area (Å²) in [4.78, 5) is 20.2. The predicted octanol–water partition coefficient (Wildman–Crippen LogP) is 2.23. The SMILES string of the molecule is CC(C)OC(=O)c1cc([N+](=O)[O-])cc(S(=O)(=O)Cl)c1F. The van der Waals surface area contributed by atoms with E-state index in [1.807, 2.05) is 0 Å². The van der Waals surface area contributed by atoms with Crippen LogP contribution in [-0.2, 0) is 13.8 Å². The quantitative estimate of drug-likeness (QED) is 0.364. The van der Waals surface area contributed by atoms with E-state index in [1.165, 1.54) is 13.8 Å². The average Bonchev–Trinajstić information content (AvgIpc) is 2.25. The first-order valence-electron chi connectivity index (χ1n) is 5.17. The van der Waals surface area contributed by atoms with E-state index in [9.17, 15) is 27.7 Å². The number of carbonyl (C=O) groups excluding carboxylic acids is 1. The number of carbonyl (C=O) groups is 1. The molecule has 1 rings (SSSR count). The second-order valence-corrected chi connectivity index (χ2v) is 6.49. The molecule has 10 heteroatoms. The Morgan fingerprint density at radius 1 is 1.45 bits per heavy atom. The van der Waals surface area contributed by atoms with Gasteiger partial charge >= 0.3 is 5.97 Å². The van der Waals surface area contributed by atoms with Gasteiger partial charge in [-0.15, -0.1) is 0 Å². The van der Waals surface area contributed by atoms with Gasteiger partial charge in [0.25, 0.3) is 14.7 Å². The van der Waals surface area contributed by atoms with Crippen LogP contribution >= 0.6 is 10.7 Å². The van der Waals surface area contributed by atoms with Crippen LogP contribution in [0.25, 0.3) is 0 Å². The fourth-order valence-corrected chi connectivity index (χ4v) is 2.21. The number of halogens is 2. The van der Waals surface area contributed by atoms with Crippen molar-refractivity contribution in [3.8, 4) is 0 Å². The highest BCUT2D eigenvalue weighted by Crippen LogP contribution is 2.28. The van der Waals surface area contributed by atoms with E-state index in [-0.39, 0.29) is 0 Å². The molecule has 0 heterocycles. The van der Waals surface area contributed by atoms with Gasteiger partial charge < -0.3 is 4.74 Å². The van der Waals surface area contributed by atoms with Gasteiger partial charge in [-0.25, -0.2) is 17.6 Å². The van der Waals surface area contributed by atoms with Crippen LogP contribution in [0.1, 0.15) is 24.2 Å². The number of hydrogen-bond acceptors (Lipinski definition) is 6. The van der Waals surface area contributed by atoms with E-state index in [2.05, 4.69) is 4.74 Å². The minimum absolute atomic E-state index is 0.434. The number of hydrogen-bond donors (Lipinski definition) is 0. The largest absolute Gasteiger partial charge is 0.459 e. The summed E-state index contributed by atoms with van der Waals surface area (Å²) in [6.45, 7) is 2.96. The topological polar surface area (TPSA) is 104 Å². The Bertz CT molecular complexity index is 673. The Hall–Kier alpha value is -1.74. The molecule has 0 N–H and O–H groups in total. The van der Waals surface area contributed by atoms with Crippen molar-refractivity contribution in [1.82, 2.24) is 0 Å². The third-order valence-corrected chi connectivity index (χ3v) is 3.38. The van der Waals surface area contributed by atoms with Crippen molar-refractivity contribution in [2.24, 2.45) is 0 Å². The van der Waals surface area contributed by atoms with E-state index in [0.29, 0.717) is 12.1 Å². The van der Waals surface area contributed by atoms with E-state index in [0.717, 1.165) is 0 Å². The van der Waals surface area contributed by atoms with Crippen molar-refractivity contribution in [2.75, 3.05) is 0 Å². The molecule has 0 atom stereocenters. The highest BCUT2D eigenvalue weighted by atomic mass is 35.7. The predicted molar refractivity (Wildman–Crippen MR) is 66.6 cm³/mol. The molecule has 0 amide bonds. The summed E-state index contributed by atoms with van der Waals surface area (Å²) in [5, 5.41) is 10.7. The Labute approximate surface area is 117 Å². The van der Waals surface area contributed by atoms with Gasteiger partial charge in [-0.1, -0.05) is 0 Å². The fourth-order valence-electron chi connectivity index (χ4n) is 1.29. The third-order valence-electron chi connectivity index (χ3n) is 2.06. The molecule has 0 fully saturated rings. The summed E-state index contributed by atoms with van der Waals surface area (Å²) in [6, 6.07) is 1.02. The van der Waals surface area contributed by atoms with Gasteiger partial charge in [0.1, 0.15) is 10.5 Å². The normalized spacial score (nSPS) is 11.4. The Morgan fingerprint density at radius 3 is 2.40 bits per heavy atom. The molecule has 0 aliphatic rings. The number of non-ortho nitro benzene ring substituents is 1. The first kappa shape index (κ1) is 16.3. The summed E-state index contributed by atoms with van der Waals surface area (Å²) < 4.78 is 41.0. The van der Waals surface area contributed by atoms with Crippen LogP contribution in [0.3, 0.4) is 0 Å². The first-order valence-corrected chi connectivity index (χ1v) is 7.48. The Balaban J connectivity index is 3.56. The van der Waals surface area contributed by atoms with Gasteiger partial charge in [0, 0.05) is 22.8 Å².